The van der Waals surface area contributed by atoms with Gasteiger partial charge in [-0.15, -0.1) is 12.4 Å². The summed E-state index contributed by atoms with van der Waals surface area (Å²) < 4.78 is 0. The van der Waals surface area contributed by atoms with Crippen LogP contribution in [0.25, 0.3) is 0 Å². The topological polar surface area (TPSA) is 130 Å². The summed E-state index contributed by atoms with van der Waals surface area (Å²) in [6.45, 7) is 1.97. The molecule has 1 aromatic carbocycles. The lowest BCUT2D eigenvalue weighted by Gasteiger charge is -2.19. The molecular weight excluding hydrogens is 288 g/mol. The van der Waals surface area contributed by atoms with Gasteiger partial charge in [-0.05, 0) is 18.1 Å². The van der Waals surface area contributed by atoms with Gasteiger partial charge in [-0.1, -0.05) is 19.8 Å². The van der Waals surface area contributed by atoms with E-state index in [0.29, 0.717) is 6.42 Å². The van der Waals surface area contributed by atoms with Crippen LogP contribution in [0.4, 0.5) is 5.69 Å². The monoisotopic (exact) mass is 306 g/mol. The van der Waals surface area contributed by atoms with Crippen LogP contribution in [-0.2, 0) is 0 Å². The van der Waals surface area contributed by atoms with Crippen LogP contribution in [0.1, 0.15) is 37.8 Å². The molecular formula is C12H19ClN2O5. The molecule has 0 aliphatic heterocycles. The number of rotatable bonds is 6. The van der Waals surface area contributed by atoms with Gasteiger partial charge < -0.3 is 21.1 Å². The molecule has 1 aromatic rings. The van der Waals surface area contributed by atoms with Crippen LogP contribution >= 0.6 is 12.4 Å². The first kappa shape index (κ1) is 18.4. The largest absolute Gasteiger partial charge is 0.504 e. The van der Waals surface area contributed by atoms with Gasteiger partial charge in [-0.25, -0.2) is 0 Å². The number of phenols is 2. The van der Waals surface area contributed by atoms with Gasteiger partial charge in [-0.3, -0.25) is 10.1 Å². The average Bonchev–Trinajstić information content (AvgIpc) is 2.37. The predicted octanol–water partition coefficient (Wildman–Crippen LogP) is 1.98. The van der Waals surface area contributed by atoms with E-state index in [1.54, 1.807) is 0 Å². The van der Waals surface area contributed by atoms with E-state index in [1.165, 1.54) is 0 Å². The van der Waals surface area contributed by atoms with Crippen molar-refractivity contribution in [1.82, 2.24) is 0 Å². The Morgan fingerprint density at radius 3 is 2.50 bits per heavy atom. The van der Waals surface area contributed by atoms with E-state index >= 15 is 0 Å². The van der Waals surface area contributed by atoms with E-state index < -0.39 is 34.3 Å². The Morgan fingerprint density at radius 1 is 1.40 bits per heavy atom. The number of unbranched alkanes of at least 4 members (excludes halogenated alkanes) is 1. The minimum Gasteiger partial charge on any atom is -0.504 e. The van der Waals surface area contributed by atoms with Gasteiger partial charge >= 0.3 is 5.69 Å². The number of nitro groups is 1. The standard InChI is InChI=1S/C12H18N2O5.ClH/c1-2-3-4-9(15)11(13)7-5-8(14(18)19)12(17)10(16)6-7;/h5-6,9,11,15-17H,2-4,13H2,1H3;1H/t9-,11+;/m0./s1. The molecule has 5 N–H and O–H groups in total. The summed E-state index contributed by atoms with van der Waals surface area (Å²) >= 11 is 0. The van der Waals surface area contributed by atoms with Crippen LogP contribution in [0.3, 0.4) is 0 Å². The van der Waals surface area contributed by atoms with Gasteiger partial charge in [-0.2, -0.15) is 0 Å². The number of aromatic hydroxyl groups is 2. The van der Waals surface area contributed by atoms with Crippen molar-refractivity contribution in [1.29, 1.82) is 0 Å². The molecule has 0 unspecified atom stereocenters. The van der Waals surface area contributed by atoms with E-state index in [2.05, 4.69) is 0 Å². The van der Waals surface area contributed by atoms with Crippen molar-refractivity contribution in [3.05, 3.63) is 27.8 Å². The van der Waals surface area contributed by atoms with Crippen LogP contribution in [0.5, 0.6) is 11.5 Å². The molecule has 0 spiro atoms. The molecule has 0 bridgehead atoms. The number of hydrogen-bond donors (Lipinski definition) is 4. The Labute approximate surface area is 122 Å². The van der Waals surface area contributed by atoms with E-state index in [9.17, 15) is 25.4 Å². The fraction of sp³-hybridized carbons (Fsp3) is 0.500. The number of nitrogens with two attached hydrogens (primary N) is 1. The second kappa shape index (κ2) is 7.88. The molecule has 7 nitrogen and oxygen atoms in total. The quantitative estimate of drug-likeness (QED) is 0.361. The van der Waals surface area contributed by atoms with E-state index in [1.807, 2.05) is 6.92 Å². The highest BCUT2D eigenvalue weighted by atomic mass is 35.5. The summed E-state index contributed by atoms with van der Waals surface area (Å²) in [4.78, 5) is 9.91. The molecule has 0 fully saturated rings. The second-order valence-electron chi connectivity index (χ2n) is 4.40. The normalized spacial score (nSPS) is 13.3. The molecule has 0 saturated carbocycles. The summed E-state index contributed by atoms with van der Waals surface area (Å²) in [6, 6.07) is 1.34. The van der Waals surface area contributed by atoms with Crippen LogP contribution in [0, 0.1) is 10.1 Å². The number of nitrogens with zero attached hydrogens (tertiary/aromatic N) is 1. The molecule has 0 amide bonds. The lowest BCUT2D eigenvalue weighted by Crippen LogP contribution is -2.26. The molecule has 0 aliphatic rings. The maximum absolute atomic E-state index is 10.7. The maximum atomic E-state index is 10.7. The highest BCUT2D eigenvalue weighted by Crippen LogP contribution is 2.38. The molecule has 0 heterocycles. The summed E-state index contributed by atoms with van der Waals surface area (Å²) in [5.41, 5.74) is 5.38. The average molecular weight is 307 g/mol. The number of nitro benzene ring substituents is 1. The van der Waals surface area contributed by atoms with Gasteiger partial charge in [0, 0.05) is 6.07 Å². The first-order chi connectivity index (χ1) is 8.88. The minimum absolute atomic E-state index is 0. The summed E-state index contributed by atoms with van der Waals surface area (Å²) in [5, 5.41) is 39.4. The first-order valence-electron chi connectivity index (χ1n) is 6.02. The Morgan fingerprint density at radius 2 is 2.00 bits per heavy atom. The SMILES string of the molecule is CCCC[C@H](O)[C@H](N)c1cc(O)c(O)c([N+](=O)[O-])c1.Cl. The van der Waals surface area contributed by atoms with Crippen molar-refractivity contribution >= 4 is 18.1 Å². The van der Waals surface area contributed by atoms with Gasteiger partial charge in [0.05, 0.1) is 17.1 Å². The molecule has 2 atom stereocenters. The number of benzene rings is 1. The fourth-order valence-corrected chi connectivity index (χ4v) is 1.77. The summed E-state index contributed by atoms with van der Waals surface area (Å²) in [5.74, 6) is -1.42. The predicted molar refractivity (Wildman–Crippen MR) is 76.1 cm³/mol. The Bertz CT molecular complexity index is 469. The van der Waals surface area contributed by atoms with Crippen molar-refractivity contribution in [3.63, 3.8) is 0 Å². The summed E-state index contributed by atoms with van der Waals surface area (Å²) in [7, 11) is 0. The molecule has 114 valence electrons. The van der Waals surface area contributed by atoms with E-state index in [4.69, 9.17) is 5.73 Å². The highest BCUT2D eigenvalue weighted by molar-refractivity contribution is 5.85. The van der Waals surface area contributed by atoms with Crippen molar-refractivity contribution in [2.45, 2.75) is 38.3 Å². The third kappa shape index (κ3) is 4.22. The van der Waals surface area contributed by atoms with Gasteiger partial charge in [0.15, 0.2) is 5.75 Å². The molecule has 20 heavy (non-hydrogen) atoms. The lowest BCUT2D eigenvalue weighted by molar-refractivity contribution is -0.386. The smallest absolute Gasteiger partial charge is 0.314 e. The zero-order valence-corrected chi connectivity index (χ0v) is 11.8. The minimum atomic E-state index is -0.858. The first-order valence-corrected chi connectivity index (χ1v) is 6.02. The molecule has 0 aliphatic carbocycles. The number of aliphatic hydroxyl groups is 1. The Kier molecular flexibility index (Phi) is 7.26. The van der Waals surface area contributed by atoms with E-state index in [-0.39, 0.29) is 18.0 Å². The van der Waals surface area contributed by atoms with Crippen LogP contribution in [0.15, 0.2) is 12.1 Å². The molecule has 0 radical (unpaired) electrons. The third-order valence-corrected chi connectivity index (χ3v) is 2.94. The Balaban J connectivity index is 0.00000361. The van der Waals surface area contributed by atoms with Crippen molar-refractivity contribution in [3.8, 4) is 11.5 Å². The van der Waals surface area contributed by atoms with Crippen LogP contribution in [0.2, 0.25) is 0 Å². The highest BCUT2D eigenvalue weighted by Gasteiger charge is 2.24. The van der Waals surface area contributed by atoms with Gasteiger partial charge in [0.1, 0.15) is 0 Å². The van der Waals surface area contributed by atoms with Crippen molar-refractivity contribution < 1.29 is 20.2 Å². The molecule has 8 heteroatoms. The lowest BCUT2D eigenvalue weighted by atomic mass is 9.97. The van der Waals surface area contributed by atoms with Crippen LogP contribution in [-0.4, -0.2) is 26.3 Å². The molecule has 1 rings (SSSR count). The molecule has 0 saturated heterocycles. The zero-order valence-electron chi connectivity index (χ0n) is 11.0. The number of phenolic OH excluding ortho intramolecular Hbond substituents is 2. The van der Waals surface area contributed by atoms with Gasteiger partial charge in [0.25, 0.3) is 0 Å². The number of hydrogen-bond acceptors (Lipinski definition) is 6. The molecule has 0 aromatic heterocycles. The Hall–Kier alpha value is -1.57. The van der Waals surface area contributed by atoms with Crippen molar-refractivity contribution in [2.24, 2.45) is 5.73 Å². The fourth-order valence-electron chi connectivity index (χ4n) is 1.77. The maximum Gasteiger partial charge on any atom is 0.314 e. The van der Waals surface area contributed by atoms with Gasteiger partial charge in [0.2, 0.25) is 5.75 Å². The zero-order chi connectivity index (χ0) is 14.6. The van der Waals surface area contributed by atoms with Crippen molar-refractivity contribution in [2.75, 3.05) is 0 Å². The van der Waals surface area contributed by atoms with E-state index in [0.717, 1.165) is 25.0 Å². The number of halogens is 1. The second-order valence-corrected chi connectivity index (χ2v) is 4.40. The van der Waals surface area contributed by atoms with Crippen LogP contribution < -0.4 is 5.73 Å². The number of aliphatic hydroxyl groups excluding tert-OH is 1. The summed E-state index contributed by atoms with van der Waals surface area (Å²) in [6.07, 6.45) is 1.28. The third-order valence-electron chi connectivity index (χ3n) is 2.94.